The van der Waals surface area contributed by atoms with Gasteiger partial charge in [0.2, 0.25) is 5.89 Å². The maximum atomic E-state index is 6.03. The summed E-state index contributed by atoms with van der Waals surface area (Å²) in [6.07, 6.45) is 2.73. The molecule has 2 heterocycles. The first-order valence-corrected chi connectivity index (χ1v) is 10.7. The van der Waals surface area contributed by atoms with Gasteiger partial charge < -0.3 is 19.5 Å². The number of aliphatic imine (C=N–C) groups is 1. The number of aryl methyl sites for hydroxylation is 1. The van der Waals surface area contributed by atoms with Crippen molar-refractivity contribution in [2.24, 2.45) is 10.9 Å². The van der Waals surface area contributed by atoms with E-state index in [1.807, 2.05) is 6.92 Å². The fraction of sp³-hybridized carbons (Fsp3) is 0.550. The van der Waals surface area contributed by atoms with Crippen molar-refractivity contribution in [1.82, 2.24) is 20.4 Å². The molecule has 0 atom stereocenters. The highest BCUT2D eigenvalue weighted by Gasteiger charge is 2.22. The topological polar surface area (TPSA) is 75.8 Å². The van der Waals surface area contributed by atoms with Gasteiger partial charge in [-0.15, -0.1) is 24.0 Å². The average Bonchev–Trinajstić information content (AvgIpc) is 3.10. The minimum absolute atomic E-state index is 0. The Morgan fingerprint density at radius 3 is 2.57 bits per heavy atom. The molecule has 1 aliphatic heterocycles. The van der Waals surface area contributed by atoms with Crippen molar-refractivity contribution in [2.45, 2.75) is 33.1 Å². The second-order valence-electron chi connectivity index (χ2n) is 7.07. The molecule has 7 nitrogen and oxygen atoms in total. The first-order valence-electron chi connectivity index (χ1n) is 9.95. The van der Waals surface area contributed by atoms with Crippen LogP contribution in [0.2, 0.25) is 10.0 Å². The molecule has 0 radical (unpaired) electrons. The van der Waals surface area contributed by atoms with Gasteiger partial charge >= 0.3 is 0 Å². The van der Waals surface area contributed by atoms with Crippen LogP contribution in [-0.4, -0.2) is 53.8 Å². The summed E-state index contributed by atoms with van der Waals surface area (Å²) in [7, 11) is 0. The van der Waals surface area contributed by atoms with E-state index in [9.17, 15) is 0 Å². The van der Waals surface area contributed by atoms with E-state index in [4.69, 9.17) is 37.5 Å². The number of ether oxygens (including phenoxy) is 1. The van der Waals surface area contributed by atoms with Crippen LogP contribution in [0.15, 0.2) is 27.7 Å². The highest BCUT2D eigenvalue weighted by atomic mass is 127. The van der Waals surface area contributed by atoms with Gasteiger partial charge in [0.1, 0.15) is 5.75 Å². The van der Waals surface area contributed by atoms with Gasteiger partial charge in [-0.3, -0.25) is 4.99 Å². The zero-order chi connectivity index (χ0) is 20.6. The summed E-state index contributed by atoms with van der Waals surface area (Å²) < 4.78 is 11.1. The van der Waals surface area contributed by atoms with Gasteiger partial charge in [0.25, 0.3) is 0 Å². The molecule has 2 aromatic rings. The summed E-state index contributed by atoms with van der Waals surface area (Å²) >= 11 is 12.1. The molecule has 166 valence electrons. The predicted molar refractivity (Wildman–Crippen MR) is 130 cm³/mol. The van der Waals surface area contributed by atoms with E-state index < -0.39 is 0 Å². The lowest BCUT2D eigenvalue weighted by Gasteiger charge is -2.34. The van der Waals surface area contributed by atoms with Gasteiger partial charge in [-0.25, -0.2) is 0 Å². The minimum atomic E-state index is 0. The zero-order valence-electron chi connectivity index (χ0n) is 17.2. The van der Waals surface area contributed by atoms with Gasteiger partial charge in [0.05, 0.1) is 13.2 Å². The van der Waals surface area contributed by atoms with Gasteiger partial charge in [-0.2, -0.15) is 4.98 Å². The van der Waals surface area contributed by atoms with E-state index in [-0.39, 0.29) is 24.0 Å². The number of benzene rings is 1. The van der Waals surface area contributed by atoms with Crippen molar-refractivity contribution in [3.63, 3.8) is 0 Å². The third kappa shape index (κ3) is 7.77. The second kappa shape index (κ2) is 12.6. The molecule has 3 rings (SSSR count). The Bertz CT molecular complexity index is 805. The van der Waals surface area contributed by atoms with Crippen LogP contribution in [0.1, 0.15) is 31.5 Å². The number of hydrogen-bond donors (Lipinski definition) is 1. The van der Waals surface area contributed by atoms with E-state index in [0.29, 0.717) is 47.3 Å². The third-order valence-electron chi connectivity index (χ3n) is 4.73. The molecular formula is C20H28Cl2IN5O2. The summed E-state index contributed by atoms with van der Waals surface area (Å²) in [6.45, 7) is 7.88. The van der Waals surface area contributed by atoms with E-state index in [1.54, 1.807) is 18.2 Å². The molecule has 0 aliphatic carbocycles. The van der Waals surface area contributed by atoms with Crippen LogP contribution in [0, 0.1) is 12.8 Å². The van der Waals surface area contributed by atoms with Crippen LogP contribution < -0.4 is 10.1 Å². The molecule has 0 bridgehead atoms. The third-order valence-corrected chi connectivity index (χ3v) is 5.16. The smallest absolute Gasteiger partial charge is 0.228 e. The van der Waals surface area contributed by atoms with Gasteiger partial charge in [-0.05, 0) is 50.8 Å². The first-order chi connectivity index (χ1) is 14.0. The monoisotopic (exact) mass is 567 g/mol. The number of aromatic nitrogens is 2. The Balaban J connectivity index is 0.00000320. The first kappa shape index (κ1) is 25.0. The number of halogens is 3. The van der Waals surface area contributed by atoms with Gasteiger partial charge in [0.15, 0.2) is 11.8 Å². The number of nitrogens with one attached hydrogen (secondary N) is 1. The lowest BCUT2D eigenvalue weighted by atomic mass is 9.98. The molecule has 1 aromatic heterocycles. The molecule has 1 saturated heterocycles. The maximum Gasteiger partial charge on any atom is 0.228 e. The summed E-state index contributed by atoms with van der Waals surface area (Å²) in [6, 6.07) is 5.29. The van der Waals surface area contributed by atoms with E-state index in [1.165, 1.54) is 0 Å². The number of nitrogens with zero attached hydrogens (tertiary/aromatic N) is 4. The van der Waals surface area contributed by atoms with E-state index in [2.05, 4.69) is 27.3 Å². The van der Waals surface area contributed by atoms with Gasteiger partial charge in [0, 0.05) is 36.1 Å². The van der Waals surface area contributed by atoms with E-state index in [0.717, 1.165) is 44.2 Å². The number of hydrogen-bond acceptors (Lipinski definition) is 5. The molecule has 1 aromatic carbocycles. The Kier molecular flexibility index (Phi) is 10.5. The Hall–Kier alpha value is -1.26. The molecule has 1 aliphatic rings. The Labute approximate surface area is 204 Å². The van der Waals surface area contributed by atoms with Crippen molar-refractivity contribution >= 4 is 53.1 Å². The fourth-order valence-corrected chi connectivity index (χ4v) is 3.77. The summed E-state index contributed by atoms with van der Waals surface area (Å²) in [4.78, 5) is 11.2. The lowest BCUT2D eigenvalue weighted by molar-refractivity contribution is 0.179. The lowest BCUT2D eigenvalue weighted by Crippen LogP contribution is -2.46. The van der Waals surface area contributed by atoms with Crippen molar-refractivity contribution in [2.75, 3.05) is 32.8 Å². The number of likely N-dealkylation sites (tertiary alicyclic amines) is 1. The fourth-order valence-electron chi connectivity index (χ4n) is 3.26. The van der Waals surface area contributed by atoms with Crippen molar-refractivity contribution < 1.29 is 9.26 Å². The van der Waals surface area contributed by atoms with Crippen molar-refractivity contribution in [3.8, 4) is 5.75 Å². The van der Waals surface area contributed by atoms with E-state index >= 15 is 0 Å². The van der Waals surface area contributed by atoms with Crippen molar-refractivity contribution in [3.05, 3.63) is 40.0 Å². The van der Waals surface area contributed by atoms with Crippen LogP contribution in [-0.2, 0) is 6.42 Å². The molecule has 0 unspecified atom stereocenters. The maximum absolute atomic E-state index is 6.03. The molecule has 1 fully saturated rings. The molecule has 0 amide bonds. The molecular weight excluding hydrogens is 540 g/mol. The summed E-state index contributed by atoms with van der Waals surface area (Å²) in [5, 5.41) is 8.36. The molecule has 30 heavy (non-hydrogen) atoms. The standard InChI is InChI=1S/C20H27Cl2N5O2.HI/c1-3-23-20(24-7-4-19-25-14(2)26-29-19)27-8-5-15(6-9-27)13-28-18-11-16(21)10-17(22)12-18;/h10-12,15H,3-9,13H2,1-2H3,(H,23,24);1H. The predicted octanol–water partition coefficient (Wildman–Crippen LogP) is 4.60. The normalized spacial score (nSPS) is 15.1. The molecule has 10 heteroatoms. The minimum Gasteiger partial charge on any atom is -0.493 e. The van der Waals surface area contributed by atoms with Crippen LogP contribution in [0.4, 0.5) is 0 Å². The molecule has 1 N–H and O–H groups in total. The van der Waals surface area contributed by atoms with Crippen molar-refractivity contribution in [1.29, 1.82) is 0 Å². The second-order valence-corrected chi connectivity index (χ2v) is 7.94. The number of rotatable bonds is 7. The van der Waals surface area contributed by atoms with Gasteiger partial charge in [-0.1, -0.05) is 28.4 Å². The summed E-state index contributed by atoms with van der Waals surface area (Å²) in [5.41, 5.74) is 0. The van der Waals surface area contributed by atoms with Crippen LogP contribution in [0.5, 0.6) is 5.75 Å². The highest BCUT2D eigenvalue weighted by Crippen LogP contribution is 2.26. The van der Waals surface area contributed by atoms with Crippen LogP contribution >= 0.6 is 47.2 Å². The number of piperidine rings is 1. The zero-order valence-corrected chi connectivity index (χ0v) is 21.1. The largest absolute Gasteiger partial charge is 0.493 e. The van der Waals surface area contributed by atoms with Crippen LogP contribution in [0.25, 0.3) is 0 Å². The Morgan fingerprint density at radius 1 is 1.27 bits per heavy atom. The Morgan fingerprint density at radius 2 is 1.97 bits per heavy atom. The summed E-state index contributed by atoms with van der Waals surface area (Å²) in [5.74, 6) is 3.42. The quantitative estimate of drug-likeness (QED) is 0.299. The number of guanidine groups is 1. The van der Waals surface area contributed by atoms with Crippen LogP contribution in [0.3, 0.4) is 0 Å². The molecule has 0 saturated carbocycles. The molecule has 0 spiro atoms. The highest BCUT2D eigenvalue weighted by molar-refractivity contribution is 14.0. The SMILES string of the molecule is CCNC(=NCCc1nc(C)no1)N1CCC(COc2cc(Cl)cc(Cl)c2)CC1.I. The average molecular weight is 568 g/mol.